The molecule has 292 valence electrons. The molecule has 0 aliphatic rings. The number of rotatable bonds is 9. The highest BCUT2D eigenvalue weighted by molar-refractivity contribution is 6.15. The number of hydrogen-bond donors (Lipinski definition) is 0. The second-order valence-electron chi connectivity index (χ2n) is 15.3. The molecule has 0 bridgehead atoms. The molecule has 2 aromatic heterocycles. The van der Waals surface area contributed by atoms with Crippen molar-refractivity contribution in [2.24, 2.45) is 0 Å². The van der Waals surface area contributed by atoms with Crippen LogP contribution in [0.5, 0.6) is 0 Å². The molecule has 0 fully saturated rings. The van der Waals surface area contributed by atoms with Crippen LogP contribution in [-0.4, -0.2) is 19.5 Å². The smallest absolute Gasteiger partial charge is 0.238 e. The molecule has 0 aliphatic heterocycles. The highest BCUT2D eigenvalue weighted by Gasteiger charge is 2.21. The summed E-state index contributed by atoms with van der Waals surface area (Å²) >= 11 is 0. The normalized spacial score (nSPS) is 11.2. The van der Waals surface area contributed by atoms with Gasteiger partial charge in [-0.3, -0.25) is 4.57 Å². The predicted molar refractivity (Wildman–Crippen MR) is 256 cm³/mol. The first-order chi connectivity index (χ1) is 30.7. The third kappa shape index (κ3) is 6.87. The lowest BCUT2D eigenvalue weighted by molar-refractivity contribution is 0.953. The lowest BCUT2D eigenvalue weighted by Crippen LogP contribution is -2.10. The third-order valence-electron chi connectivity index (χ3n) is 11.5. The summed E-state index contributed by atoms with van der Waals surface area (Å²) < 4.78 is 2.18. The van der Waals surface area contributed by atoms with E-state index in [9.17, 15) is 0 Å². The summed E-state index contributed by atoms with van der Waals surface area (Å²) in [5.74, 6) is 1.82. The van der Waals surface area contributed by atoms with Crippen LogP contribution in [0.15, 0.2) is 237 Å². The van der Waals surface area contributed by atoms with Gasteiger partial charge in [-0.1, -0.05) is 188 Å². The van der Waals surface area contributed by atoms with Crippen molar-refractivity contribution in [3.63, 3.8) is 0 Å². The van der Waals surface area contributed by atoms with Crippen molar-refractivity contribution in [3.8, 4) is 62.1 Å². The van der Waals surface area contributed by atoms with Crippen molar-refractivity contribution in [1.29, 1.82) is 0 Å². The van der Waals surface area contributed by atoms with Gasteiger partial charge in [0.2, 0.25) is 5.95 Å². The van der Waals surface area contributed by atoms with E-state index in [0.29, 0.717) is 17.6 Å². The van der Waals surface area contributed by atoms with Crippen LogP contribution in [0.4, 0.5) is 17.1 Å². The Morgan fingerprint density at radius 3 is 1.35 bits per heavy atom. The molecule has 5 nitrogen and oxygen atoms in total. The molecular weight excluding hydrogens is 755 g/mol. The van der Waals surface area contributed by atoms with E-state index >= 15 is 0 Å². The Hall–Kier alpha value is -8.41. The van der Waals surface area contributed by atoms with Crippen LogP contribution in [0.2, 0.25) is 0 Å². The number of fused-ring (bicyclic) bond motifs is 3. The molecule has 11 rings (SSSR count). The molecule has 0 saturated carbocycles. The van der Waals surface area contributed by atoms with Crippen LogP contribution in [0.25, 0.3) is 83.9 Å². The zero-order valence-corrected chi connectivity index (χ0v) is 33.8. The highest BCUT2D eigenvalue weighted by Crippen LogP contribution is 2.41. The average Bonchev–Trinajstić information content (AvgIpc) is 3.70. The molecule has 62 heavy (non-hydrogen) atoms. The van der Waals surface area contributed by atoms with Gasteiger partial charge in [0.05, 0.1) is 11.0 Å². The second kappa shape index (κ2) is 16.0. The maximum Gasteiger partial charge on any atom is 0.238 e. The van der Waals surface area contributed by atoms with Crippen molar-refractivity contribution in [3.05, 3.63) is 237 Å². The number of para-hydroxylation sites is 1. The second-order valence-corrected chi connectivity index (χ2v) is 15.3. The Morgan fingerprint density at radius 1 is 0.306 bits per heavy atom. The average molecular weight is 794 g/mol. The topological polar surface area (TPSA) is 46.8 Å². The molecule has 0 amide bonds. The number of anilines is 3. The number of benzene rings is 9. The van der Waals surface area contributed by atoms with Gasteiger partial charge in [-0.2, -0.15) is 9.97 Å². The molecule has 0 spiro atoms. The van der Waals surface area contributed by atoms with Gasteiger partial charge in [-0.15, -0.1) is 0 Å². The van der Waals surface area contributed by atoms with Gasteiger partial charge < -0.3 is 4.90 Å². The summed E-state index contributed by atoms with van der Waals surface area (Å²) in [5.41, 5.74) is 14.1. The first kappa shape index (κ1) is 36.7. The number of nitrogens with zero attached hydrogens (tertiary/aromatic N) is 5. The minimum Gasteiger partial charge on any atom is -0.310 e. The monoisotopic (exact) mass is 793 g/mol. The van der Waals surface area contributed by atoms with Gasteiger partial charge in [0.15, 0.2) is 11.6 Å². The maximum atomic E-state index is 5.15. The Morgan fingerprint density at radius 2 is 0.758 bits per heavy atom. The summed E-state index contributed by atoms with van der Waals surface area (Å²) in [7, 11) is 0. The number of aromatic nitrogens is 4. The van der Waals surface area contributed by atoms with Gasteiger partial charge in [0, 0.05) is 39.0 Å². The van der Waals surface area contributed by atoms with E-state index in [4.69, 9.17) is 15.0 Å². The summed E-state index contributed by atoms with van der Waals surface area (Å²) in [6, 6.07) is 83.0. The van der Waals surface area contributed by atoms with E-state index < -0.39 is 0 Å². The van der Waals surface area contributed by atoms with Gasteiger partial charge in [-0.25, -0.2) is 4.98 Å². The van der Waals surface area contributed by atoms with E-state index in [1.165, 1.54) is 22.3 Å². The van der Waals surface area contributed by atoms with Gasteiger partial charge in [0.25, 0.3) is 0 Å². The summed E-state index contributed by atoms with van der Waals surface area (Å²) in [6.45, 7) is 0. The quantitative estimate of drug-likeness (QED) is 0.146. The van der Waals surface area contributed by atoms with Gasteiger partial charge >= 0.3 is 0 Å². The molecule has 0 aliphatic carbocycles. The van der Waals surface area contributed by atoms with Crippen LogP contribution < -0.4 is 4.90 Å². The van der Waals surface area contributed by atoms with Crippen molar-refractivity contribution >= 4 is 38.9 Å². The fourth-order valence-electron chi connectivity index (χ4n) is 8.50. The molecule has 5 heteroatoms. The SMILES string of the molecule is c1ccc(-c2ccc(N(c3ccc(-c4cccc5c4c4ccccc4n5-c4nc(-c5ccccc5)nc(-c5ccccc5)n4)cc3)c3cccc(-c4ccccc4)c3)cc2)cc1. The largest absolute Gasteiger partial charge is 0.310 e. The summed E-state index contributed by atoms with van der Waals surface area (Å²) in [5, 5.41) is 2.27. The fraction of sp³-hybridized carbons (Fsp3) is 0. The zero-order chi connectivity index (χ0) is 41.2. The van der Waals surface area contributed by atoms with Crippen LogP contribution in [0.1, 0.15) is 0 Å². The van der Waals surface area contributed by atoms with E-state index in [0.717, 1.165) is 61.1 Å². The molecular formula is C57H39N5. The maximum absolute atomic E-state index is 5.15. The van der Waals surface area contributed by atoms with E-state index in [1.807, 2.05) is 60.7 Å². The third-order valence-corrected chi connectivity index (χ3v) is 11.5. The molecule has 9 aromatic carbocycles. The molecule has 0 unspecified atom stereocenters. The van der Waals surface area contributed by atoms with Crippen molar-refractivity contribution in [2.75, 3.05) is 4.90 Å². The van der Waals surface area contributed by atoms with Crippen LogP contribution in [0.3, 0.4) is 0 Å². The van der Waals surface area contributed by atoms with E-state index in [1.54, 1.807) is 0 Å². The molecule has 0 atom stereocenters. The lowest BCUT2D eigenvalue weighted by Gasteiger charge is -2.26. The van der Waals surface area contributed by atoms with Crippen molar-refractivity contribution in [1.82, 2.24) is 19.5 Å². The van der Waals surface area contributed by atoms with Crippen molar-refractivity contribution < 1.29 is 0 Å². The fourth-order valence-corrected chi connectivity index (χ4v) is 8.50. The number of hydrogen-bond acceptors (Lipinski definition) is 4. The van der Waals surface area contributed by atoms with Crippen LogP contribution in [0, 0.1) is 0 Å². The molecule has 2 heterocycles. The van der Waals surface area contributed by atoms with Gasteiger partial charge in [-0.05, 0) is 81.9 Å². The predicted octanol–water partition coefficient (Wildman–Crippen LogP) is 14.8. The minimum atomic E-state index is 0.572. The van der Waals surface area contributed by atoms with E-state index in [-0.39, 0.29) is 0 Å². The van der Waals surface area contributed by atoms with Gasteiger partial charge in [0.1, 0.15) is 0 Å². The summed E-state index contributed by atoms with van der Waals surface area (Å²) in [6.07, 6.45) is 0. The van der Waals surface area contributed by atoms with Crippen molar-refractivity contribution in [2.45, 2.75) is 0 Å². The Bertz CT molecular complexity index is 3250. The molecule has 0 radical (unpaired) electrons. The Balaban J connectivity index is 1.04. The molecule has 0 saturated heterocycles. The van der Waals surface area contributed by atoms with E-state index in [2.05, 4.69) is 185 Å². The standard InChI is InChI=1S/C57H39N5/c1-5-17-40(18-6-1)42-31-35-47(36-32-42)61(49-26-15-25-46(39-49)41-19-7-2-8-20-41)48-37-33-43(34-38-48)50-28-16-30-53-54(50)51-27-13-14-29-52(51)62(53)57-59-55(44-21-9-3-10-22-44)58-56(60-57)45-23-11-4-12-24-45/h1-39H. The first-order valence-corrected chi connectivity index (χ1v) is 20.9. The Labute approximate surface area is 360 Å². The first-order valence-electron chi connectivity index (χ1n) is 20.9. The summed E-state index contributed by atoms with van der Waals surface area (Å²) in [4.78, 5) is 17.6. The highest BCUT2D eigenvalue weighted by atomic mass is 15.2. The Kier molecular flexibility index (Phi) is 9.45. The molecule has 11 aromatic rings. The minimum absolute atomic E-state index is 0.572. The lowest BCUT2D eigenvalue weighted by atomic mass is 9.98. The molecule has 0 N–H and O–H groups in total. The van der Waals surface area contributed by atoms with Crippen LogP contribution in [-0.2, 0) is 0 Å². The zero-order valence-electron chi connectivity index (χ0n) is 33.8. The van der Waals surface area contributed by atoms with Crippen LogP contribution >= 0.6 is 0 Å².